The zero-order chi connectivity index (χ0) is 20.2. The van der Waals surface area contributed by atoms with Crippen LogP contribution >= 0.6 is 0 Å². The molecule has 0 saturated heterocycles. The van der Waals surface area contributed by atoms with Crippen LogP contribution in [0.1, 0.15) is 42.6 Å². The number of nitrogens with one attached hydrogen (secondary N) is 2. The van der Waals surface area contributed by atoms with E-state index >= 15 is 0 Å². The van der Waals surface area contributed by atoms with Gasteiger partial charge in [0.15, 0.2) is 5.82 Å². The second-order valence-electron chi connectivity index (χ2n) is 7.25. The normalized spacial score (nSPS) is 14.2. The van der Waals surface area contributed by atoms with Crippen LogP contribution in [0, 0.1) is 0 Å². The summed E-state index contributed by atoms with van der Waals surface area (Å²) in [5.41, 5.74) is 2.09. The summed E-state index contributed by atoms with van der Waals surface area (Å²) in [6, 6.07) is 16.5. The number of nitrogens with zero attached hydrogens (tertiary/aromatic N) is 4. The highest BCUT2D eigenvalue weighted by Crippen LogP contribution is 2.36. The van der Waals surface area contributed by atoms with E-state index < -0.39 is 0 Å². The number of rotatable bonds is 7. The minimum Gasteiger partial charge on any atom is -0.349 e. The third-order valence-corrected chi connectivity index (χ3v) is 4.70. The molecular weight excluding hydrogens is 368 g/mol. The van der Waals surface area contributed by atoms with Gasteiger partial charge in [-0.1, -0.05) is 30.3 Å². The van der Waals surface area contributed by atoms with Gasteiger partial charge in [0.05, 0.1) is 6.04 Å². The van der Waals surface area contributed by atoms with Crippen molar-refractivity contribution < 1.29 is 9.59 Å². The van der Waals surface area contributed by atoms with Gasteiger partial charge in [0.1, 0.15) is 0 Å². The SMILES string of the molecule is CC(CC(=O)Nc1cccc(-c2nnnn2C2CC2)c1)NC(=O)c1ccccc1. The van der Waals surface area contributed by atoms with Gasteiger partial charge in [0, 0.05) is 29.3 Å². The molecule has 0 radical (unpaired) electrons. The van der Waals surface area contributed by atoms with Crippen LogP contribution in [0.5, 0.6) is 0 Å². The van der Waals surface area contributed by atoms with Gasteiger partial charge in [0.25, 0.3) is 5.91 Å². The number of aromatic nitrogens is 4. The predicted molar refractivity (Wildman–Crippen MR) is 108 cm³/mol. The van der Waals surface area contributed by atoms with Gasteiger partial charge in [-0.15, -0.1) is 5.10 Å². The standard InChI is InChI=1S/C21H22N6O2/c1-14(22-21(29)15-6-3-2-4-7-15)12-19(28)23-17-9-5-8-16(13-17)20-24-25-26-27(20)18-10-11-18/h2-9,13-14,18H,10-12H2,1H3,(H,22,29)(H,23,28). The largest absolute Gasteiger partial charge is 0.349 e. The molecule has 0 aliphatic heterocycles. The van der Waals surface area contributed by atoms with Crippen molar-refractivity contribution in [3.63, 3.8) is 0 Å². The topological polar surface area (TPSA) is 102 Å². The molecule has 4 rings (SSSR count). The third-order valence-electron chi connectivity index (χ3n) is 4.70. The van der Waals surface area contributed by atoms with Gasteiger partial charge in [-0.2, -0.15) is 0 Å². The van der Waals surface area contributed by atoms with Crippen molar-refractivity contribution in [2.45, 2.75) is 38.3 Å². The number of anilines is 1. The lowest BCUT2D eigenvalue weighted by Crippen LogP contribution is -2.35. The molecule has 1 saturated carbocycles. The van der Waals surface area contributed by atoms with E-state index in [0.717, 1.165) is 18.4 Å². The van der Waals surface area contributed by atoms with Crippen LogP contribution in [0.2, 0.25) is 0 Å². The van der Waals surface area contributed by atoms with Crippen molar-refractivity contribution in [1.29, 1.82) is 0 Å². The minimum atomic E-state index is -0.298. The second kappa shape index (κ2) is 8.22. The molecule has 1 atom stereocenters. The monoisotopic (exact) mass is 390 g/mol. The summed E-state index contributed by atoms with van der Waals surface area (Å²) in [6.45, 7) is 1.81. The Morgan fingerprint density at radius 1 is 1.14 bits per heavy atom. The van der Waals surface area contributed by atoms with Crippen LogP contribution in [0.25, 0.3) is 11.4 Å². The maximum absolute atomic E-state index is 12.4. The Balaban J connectivity index is 1.36. The summed E-state index contributed by atoms with van der Waals surface area (Å²) in [4.78, 5) is 24.6. The first-order chi connectivity index (χ1) is 14.1. The number of amides is 2. The molecule has 148 valence electrons. The van der Waals surface area contributed by atoms with E-state index in [9.17, 15) is 9.59 Å². The number of tetrazole rings is 1. The Morgan fingerprint density at radius 2 is 1.93 bits per heavy atom. The average Bonchev–Trinajstić information content (AvgIpc) is 3.44. The van der Waals surface area contributed by atoms with Gasteiger partial charge in [-0.25, -0.2) is 4.68 Å². The molecule has 29 heavy (non-hydrogen) atoms. The summed E-state index contributed by atoms with van der Waals surface area (Å²) in [5.74, 6) is 0.330. The van der Waals surface area contributed by atoms with Crippen molar-refractivity contribution in [3.8, 4) is 11.4 Å². The van der Waals surface area contributed by atoms with Gasteiger partial charge in [-0.05, 0) is 54.5 Å². The van der Waals surface area contributed by atoms with Crippen molar-refractivity contribution in [3.05, 3.63) is 60.2 Å². The first kappa shape index (κ1) is 18.8. The van der Waals surface area contributed by atoms with Crippen molar-refractivity contribution in [1.82, 2.24) is 25.5 Å². The van der Waals surface area contributed by atoms with Crippen LogP contribution in [0.15, 0.2) is 54.6 Å². The van der Waals surface area contributed by atoms with E-state index in [0.29, 0.717) is 23.1 Å². The maximum Gasteiger partial charge on any atom is 0.251 e. The fraction of sp³-hybridized carbons (Fsp3) is 0.286. The summed E-state index contributed by atoms with van der Waals surface area (Å²) in [5, 5.41) is 17.7. The van der Waals surface area contributed by atoms with E-state index in [1.165, 1.54) is 0 Å². The molecule has 1 aromatic heterocycles. The van der Waals surface area contributed by atoms with E-state index in [1.807, 2.05) is 35.0 Å². The van der Waals surface area contributed by atoms with Gasteiger partial charge >= 0.3 is 0 Å². The molecule has 0 bridgehead atoms. The fourth-order valence-electron chi connectivity index (χ4n) is 3.12. The molecule has 2 N–H and O–H groups in total. The lowest BCUT2D eigenvalue weighted by atomic mass is 10.1. The van der Waals surface area contributed by atoms with Gasteiger partial charge in [0.2, 0.25) is 5.91 Å². The molecular formula is C21H22N6O2. The molecule has 2 aromatic carbocycles. The molecule has 1 unspecified atom stereocenters. The van der Waals surface area contributed by atoms with E-state index in [1.54, 1.807) is 31.2 Å². The number of benzene rings is 2. The van der Waals surface area contributed by atoms with E-state index in [4.69, 9.17) is 0 Å². The smallest absolute Gasteiger partial charge is 0.251 e. The van der Waals surface area contributed by atoms with Crippen LogP contribution in [0.3, 0.4) is 0 Å². The molecule has 1 aliphatic rings. The highest BCUT2D eigenvalue weighted by molar-refractivity contribution is 5.95. The average molecular weight is 390 g/mol. The van der Waals surface area contributed by atoms with Crippen molar-refractivity contribution in [2.75, 3.05) is 5.32 Å². The molecule has 1 fully saturated rings. The van der Waals surface area contributed by atoms with Gasteiger partial charge < -0.3 is 10.6 Å². The molecule has 8 heteroatoms. The molecule has 2 amide bonds. The number of carbonyl (C=O) groups is 2. The lowest BCUT2D eigenvalue weighted by Gasteiger charge is -2.14. The molecule has 1 aliphatic carbocycles. The molecule has 8 nitrogen and oxygen atoms in total. The quantitative estimate of drug-likeness (QED) is 0.646. The first-order valence-corrected chi connectivity index (χ1v) is 9.64. The zero-order valence-electron chi connectivity index (χ0n) is 16.1. The van der Waals surface area contributed by atoms with Crippen molar-refractivity contribution >= 4 is 17.5 Å². The zero-order valence-corrected chi connectivity index (χ0v) is 16.1. The Labute approximate surface area is 168 Å². The highest BCUT2D eigenvalue weighted by atomic mass is 16.2. The predicted octanol–water partition coefficient (Wildman–Crippen LogP) is 2.82. The van der Waals surface area contributed by atoms with E-state index in [2.05, 4.69) is 26.2 Å². The number of hydrogen-bond acceptors (Lipinski definition) is 5. The van der Waals surface area contributed by atoms with Crippen LogP contribution < -0.4 is 10.6 Å². The summed E-state index contributed by atoms with van der Waals surface area (Å²) in [7, 11) is 0. The van der Waals surface area contributed by atoms with Crippen LogP contribution in [0.4, 0.5) is 5.69 Å². The van der Waals surface area contributed by atoms with Crippen LogP contribution in [-0.4, -0.2) is 38.1 Å². The summed E-state index contributed by atoms with van der Waals surface area (Å²) < 4.78 is 1.84. The summed E-state index contributed by atoms with van der Waals surface area (Å²) >= 11 is 0. The Hall–Kier alpha value is -3.55. The van der Waals surface area contributed by atoms with Gasteiger partial charge in [-0.3, -0.25) is 9.59 Å². The number of hydrogen-bond donors (Lipinski definition) is 2. The second-order valence-corrected chi connectivity index (χ2v) is 7.25. The van der Waals surface area contributed by atoms with E-state index in [-0.39, 0.29) is 24.3 Å². The highest BCUT2D eigenvalue weighted by Gasteiger charge is 2.28. The molecule has 0 spiro atoms. The molecule has 1 heterocycles. The Morgan fingerprint density at radius 3 is 2.69 bits per heavy atom. The fourth-order valence-corrected chi connectivity index (χ4v) is 3.12. The lowest BCUT2D eigenvalue weighted by molar-refractivity contribution is -0.116. The number of carbonyl (C=O) groups excluding carboxylic acids is 2. The van der Waals surface area contributed by atoms with Crippen molar-refractivity contribution in [2.24, 2.45) is 0 Å². The Kier molecular flexibility index (Phi) is 5.33. The minimum absolute atomic E-state index is 0.169. The third kappa shape index (κ3) is 4.66. The molecule has 3 aromatic rings. The first-order valence-electron chi connectivity index (χ1n) is 9.64. The van der Waals surface area contributed by atoms with Crippen LogP contribution in [-0.2, 0) is 4.79 Å². The Bertz CT molecular complexity index is 1010. The summed E-state index contributed by atoms with van der Waals surface area (Å²) in [6.07, 6.45) is 2.34. The maximum atomic E-state index is 12.4.